The first kappa shape index (κ1) is 16.2. The summed E-state index contributed by atoms with van der Waals surface area (Å²) in [6, 6.07) is -1.63. The van der Waals surface area contributed by atoms with Gasteiger partial charge in [-0.2, -0.15) is 0 Å². The van der Waals surface area contributed by atoms with Gasteiger partial charge in [-0.05, 0) is 25.7 Å². The largest absolute Gasteiger partial charge is 0.480 e. The lowest BCUT2D eigenvalue weighted by atomic mass is 9.91. The minimum atomic E-state index is -1.21. The van der Waals surface area contributed by atoms with Crippen LogP contribution in [0.25, 0.3) is 0 Å². The van der Waals surface area contributed by atoms with Crippen LogP contribution >= 0.6 is 0 Å². The molecular formula is C12H21N3O5. The average molecular weight is 287 g/mol. The second-order valence-corrected chi connectivity index (χ2v) is 4.85. The Morgan fingerprint density at radius 1 is 1.35 bits per heavy atom. The van der Waals surface area contributed by atoms with Gasteiger partial charge in [-0.15, -0.1) is 0 Å². The SMILES string of the molecule is NC(=O)CCC(NC(=O)N(CCO)C1CCC1)C(=O)O. The Kier molecular flexibility index (Phi) is 6.23. The number of nitrogens with one attached hydrogen (secondary N) is 1. The van der Waals surface area contributed by atoms with E-state index in [1.165, 1.54) is 4.90 Å². The van der Waals surface area contributed by atoms with Crippen molar-refractivity contribution < 1.29 is 24.6 Å². The Labute approximate surface area is 116 Å². The van der Waals surface area contributed by atoms with Crippen LogP contribution in [0.5, 0.6) is 0 Å². The van der Waals surface area contributed by atoms with Gasteiger partial charge in [0.25, 0.3) is 0 Å². The second-order valence-electron chi connectivity index (χ2n) is 4.85. The predicted molar refractivity (Wildman–Crippen MR) is 69.8 cm³/mol. The molecule has 114 valence electrons. The zero-order valence-corrected chi connectivity index (χ0v) is 11.2. The van der Waals surface area contributed by atoms with E-state index in [9.17, 15) is 14.4 Å². The molecule has 5 N–H and O–H groups in total. The number of nitrogens with two attached hydrogens (primary N) is 1. The fourth-order valence-electron chi connectivity index (χ4n) is 2.03. The van der Waals surface area contributed by atoms with Crippen molar-refractivity contribution in [1.29, 1.82) is 0 Å². The smallest absolute Gasteiger partial charge is 0.326 e. The number of aliphatic hydroxyl groups excluding tert-OH is 1. The molecule has 0 heterocycles. The van der Waals surface area contributed by atoms with E-state index in [0.29, 0.717) is 0 Å². The molecule has 20 heavy (non-hydrogen) atoms. The number of nitrogens with zero attached hydrogens (tertiary/aromatic N) is 1. The molecule has 1 saturated carbocycles. The van der Waals surface area contributed by atoms with Gasteiger partial charge < -0.3 is 26.2 Å². The summed E-state index contributed by atoms with van der Waals surface area (Å²) in [6.45, 7) is -0.0123. The van der Waals surface area contributed by atoms with E-state index in [0.717, 1.165) is 19.3 Å². The minimum Gasteiger partial charge on any atom is -0.480 e. The number of hydrogen-bond acceptors (Lipinski definition) is 4. The number of primary amides is 1. The molecule has 0 bridgehead atoms. The second kappa shape index (κ2) is 7.68. The maximum atomic E-state index is 12.1. The lowest BCUT2D eigenvalue weighted by Gasteiger charge is -2.37. The summed E-state index contributed by atoms with van der Waals surface area (Å²) in [6.07, 6.45) is 2.57. The molecule has 0 radical (unpaired) electrons. The van der Waals surface area contributed by atoms with Crippen LogP contribution in [0.1, 0.15) is 32.1 Å². The Balaban J connectivity index is 2.57. The summed E-state index contributed by atoms with van der Waals surface area (Å²) in [5.41, 5.74) is 4.97. The third kappa shape index (κ3) is 4.69. The standard InChI is InChI=1S/C12H21N3O5/c13-10(17)5-4-9(11(18)19)14-12(20)15(6-7-16)8-2-1-3-8/h8-9,16H,1-7H2,(H2,13,17)(H,14,20)(H,18,19). The predicted octanol–water partition coefficient (Wildman–Crippen LogP) is -0.738. The van der Waals surface area contributed by atoms with Crippen molar-refractivity contribution >= 4 is 17.9 Å². The number of hydrogen-bond donors (Lipinski definition) is 4. The number of carboxylic acid groups (broad SMARTS) is 1. The number of aliphatic carboxylic acids is 1. The van der Waals surface area contributed by atoms with Gasteiger partial charge in [0, 0.05) is 19.0 Å². The van der Waals surface area contributed by atoms with Crippen LogP contribution in [-0.2, 0) is 9.59 Å². The molecule has 1 aliphatic rings. The fourth-order valence-corrected chi connectivity index (χ4v) is 2.03. The Morgan fingerprint density at radius 3 is 2.40 bits per heavy atom. The van der Waals surface area contributed by atoms with Crippen molar-refractivity contribution in [3.05, 3.63) is 0 Å². The number of carboxylic acids is 1. The van der Waals surface area contributed by atoms with Gasteiger partial charge in [0.15, 0.2) is 0 Å². The molecule has 0 saturated heterocycles. The number of carbonyl (C=O) groups is 3. The average Bonchev–Trinajstić information content (AvgIpc) is 2.30. The third-order valence-corrected chi connectivity index (χ3v) is 3.39. The normalized spacial score (nSPS) is 16.1. The van der Waals surface area contributed by atoms with E-state index in [4.69, 9.17) is 15.9 Å². The van der Waals surface area contributed by atoms with Crippen LogP contribution in [0.2, 0.25) is 0 Å². The molecule has 0 aliphatic heterocycles. The van der Waals surface area contributed by atoms with Crippen molar-refractivity contribution in [1.82, 2.24) is 10.2 Å². The lowest BCUT2D eigenvalue weighted by Crippen LogP contribution is -2.54. The molecule has 0 spiro atoms. The summed E-state index contributed by atoms with van der Waals surface area (Å²) >= 11 is 0. The van der Waals surface area contributed by atoms with Crippen LogP contribution in [0, 0.1) is 0 Å². The molecule has 1 aliphatic carbocycles. The van der Waals surface area contributed by atoms with E-state index in [1.54, 1.807) is 0 Å². The molecule has 8 nitrogen and oxygen atoms in total. The molecule has 1 fully saturated rings. The number of carbonyl (C=O) groups excluding carboxylic acids is 2. The highest BCUT2D eigenvalue weighted by molar-refractivity contribution is 5.83. The van der Waals surface area contributed by atoms with E-state index in [1.807, 2.05) is 0 Å². The first-order valence-electron chi connectivity index (χ1n) is 6.64. The molecule has 0 aromatic rings. The molecule has 0 aromatic heterocycles. The highest BCUT2D eigenvalue weighted by Crippen LogP contribution is 2.24. The van der Waals surface area contributed by atoms with Crippen LogP contribution in [0.4, 0.5) is 4.79 Å². The molecule has 0 aromatic carbocycles. The highest BCUT2D eigenvalue weighted by atomic mass is 16.4. The van der Waals surface area contributed by atoms with E-state index >= 15 is 0 Å². The number of aliphatic hydroxyl groups is 1. The molecule has 3 amide bonds. The van der Waals surface area contributed by atoms with Gasteiger partial charge in [0.2, 0.25) is 5.91 Å². The highest BCUT2D eigenvalue weighted by Gasteiger charge is 2.30. The van der Waals surface area contributed by atoms with Crippen LogP contribution in [0.3, 0.4) is 0 Å². The van der Waals surface area contributed by atoms with Gasteiger partial charge in [-0.1, -0.05) is 0 Å². The summed E-state index contributed by atoms with van der Waals surface area (Å²) in [5, 5.41) is 20.4. The summed E-state index contributed by atoms with van der Waals surface area (Å²) in [7, 11) is 0. The number of amides is 3. The molecule has 8 heteroatoms. The van der Waals surface area contributed by atoms with Crippen LogP contribution in [-0.4, -0.2) is 58.3 Å². The Bertz CT molecular complexity index is 370. The van der Waals surface area contributed by atoms with Crippen LogP contribution < -0.4 is 11.1 Å². The quantitative estimate of drug-likeness (QED) is 0.466. The van der Waals surface area contributed by atoms with Crippen molar-refractivity contribution in [2.45, 2.75) is 44.2 Å². The maximum absolute atomic E-state index is 12.1. The summed E-state index contributed by atoms with van der Waals surface area (Å²) in [4.78, 5) is 35.2. The molecular weight excluding hydrogens is 266 g/mol. The Morgan fingerprint density at radius 2 is 2.00 bits per heavy atom. The van der Waals surface area contributed by atoms with Gasteiger partial charge >= 0.3 is 12.0 Å². The van der Waals surface area contributed by atoms with E-state index < -0.39 is 23.9 Å². The summed E-state index contributed by atoms with van der Waals surface area (Å²) < 4.78 is 0. The Hall–Kier alpha value is -1.83. The van der Waals surface area contributed by atoms with Crippen molar-refractivity contribution in [3.8, 4) is 0 Å². The number of urea groups is 1. The van der Waals surface area contributed by atoms with Crippen molar-refractivity contribution in [3.63, 3.8) is 0 Å². The zero-order valence-electron chi connectivity index (χ0n) is 11.2. The van der Waals surface area contributed by atoms with Crippen molar-refractivity contribution in [2.75, 3.05) is 13.2 Å². The fraction of sp³-hybridized carbons (Fsp3) is 0.750. The van der Waals surface area contributed by atoms with Gasteiger partial charge in [-0.3, -0.25) is 4.79 Å². The topological polar surface area (TPSA) is 133 Å². The first-order valence-corrected chi connectivity index (χ1v) is 6.64. The summed E-state index contributed by atoms with van der Waals surface area (Å²) in [5.74, 6) is -1.83. The molecule has 1 unspecified atom stereocenters. The van der Waals surface area contributed by atoms with E-state index in [-0.39, 0.29) is 32.0 Å². The lowest BCUT2D eigenvalue weighted by molar-refractivity contribution is -0.139. The minimum absolute atomic E-state index is 0.0476. The van der Waals surface area contributed by atoms with Crippen LogP contribution in [0.15, 0.2) is 0 Å². The third-order valence-electron chi connectivity index (χ3n) is 3.39. The van der Waals surface area contributed by atoms with E-state index in [2.05, 4.69) is 5.32 Å². The number of rotatable bonds is 8. The molecule has 1 rings (SSSR count). The zero-order chi connectivity index (χ0) is 15.1. The van der Waals surface area contributed by atoms with Crippen molar-refractivity contribution in [2.24, 2.45) is 5.73 Å². The van der Waals surface area contributed by atoms with Gasteiger partial charge in [0.1, 0.15) is 6.04 Å². The monoisotopic (exact) mass is 287 g/mol. The molecule has 1 atom stereocenters. The first-order chi connectivity index (χ1) is 9.45. The van der Waals surface area contributed by atoms with Gasteiger partial charge in [0.05, 0.1) is 6.61 Å². The van der Waals surface area contributed by atoms with Gasteiger partial charge in [-0.25, -0.2) is 9.59 Å². The maximum Gasteiger partial charge on any atom is 0.326 e.